The first-order valence-electron chi connectivity index (χ1n) is 21.4. The zero-order chi connectivity index (χ0) is 45.1. The second-order valence-electron chi connectivity index (χ2n) is 15.7. The number of nitrogens with zero attached hydrogens (tertiary/aromatic N) is 3. The zero-order valence-corrected chi connectivity index (χ0v) is 37.5. The first-order chi connectivity index (χ1) is 31.0. The number of imide groups is 2. The van der Waals surface area contributed by atoms with Crippen molar-refractivity contribution in [1.29, 1.82) is 0 Å². The SMILES string of the molecule is CCSC(SCC)[C@@H]1C/C(=C\C(=O)NCCCN2C(=O)c3cccc4cccc(c34)C2=O)CN1C(=O)c1cc(OC)c(OCCCN2C(=O)c3cccc4cccc(c34)C2=O)cc1N. The molecule has 1 atom stereocenters. The van der Waals surface area contributed by atoms with E-state index in [1.54, 1.807) is 83.0 Å². The van der Waals surface area contributed by atoms with Crippen LogP contribution in [-0.4, -0.2) is 112 Å². The maximum Gasteiger partial charge on any atom is 0.261 e. The van der Waals surface area contributed by atoms with E-state index in [0.717, 1.165) is 27.9 Å². The van der Waals surface area contributed by atoms with Gasteiger partial charge in [0.15, 0.2) is 11.5 Å². The average molecular weight is 900 g/mol. The van der Waals surface area contributed by atoms with Crippen molar-refractivity contribution in [1.82, 2.24) is 20.0 Å². The van der Waals surface area contributed by atoms with Crippen molar-refractivity contribution in [2.45, 2.75) is 43.7 Å². The monoisotopic (exact) mass is 899 g/mol. The summed E-state index contributed by atoms with van der Waals surface area (Å²) in [4.78, 5) is 85.4. The van der Waals surface area contributed by atoms with Gasteiger partial charge in [0.25, 0.3) is 29.5 Å². The summed E-state index contributed by atoms with van der Waals surface area (Å²) in [5, 5.41) is 5.93. The van der Waals surface area contributed by atoms with Crippen LogP contribution in [0.4, 0.5) is 5.69 Å². The number of thioether (sulfide) groups is 2. The zero-order valence-electron chi connectivity index (χ0n) is 35.9. The predicted molar refractivity (Wildman–Crippen MR) is 251 cm³/mol. The lowest BCUT2D eigenvalue weighted by atomic mass is 9.94. The summed E-state index contributed by atoms with van der Waals surface area (Å²) >= 11 is 3.50. The van der Waals surface area contributed by atoms with E-state index in [9.17, 15) is 28.8 Å². The van der Waals surface area contributed by atoms with Gasteiger partial charge < -0.3 is 25.4 Å². The van der Waals surface area contributed by atoms with Gasteiger partial charge in [-0.25, -0.2) is 0 Å². The van der Waals surface area contributed by atoms with Gasteiger partial charge in [-0.05, 0) is 77.4 Å². The van der Waals surface area contributed by atoms with E-state index in [1.165, 1.54) is 16.9 Å². The minimum absolute atomic E-state index is 0.0364. The van der Waals surface area contributed by atoms with E-state index in [2.05, 4.69) is 19.2 Å². The number of hydrogen-bond donors (Lipinski definition) is 2. The van der Waals surface area contributed by atoms with E-state index in [0.29, 0.717) is 63.8 Å². The smallest absolute Gasteiger partial charge is 0.261 e. The van der Waals surface area contributed by atoms with Gasteiger partial charge in [0.05, 0.1) is 29.9 Å². The fraction of sp³-hybridized carbons (Fsp3) is 0.306. The Hall–Kier alpha value is -6.32. The molecule has 0 aliphatic carbocycles. The number of amides is 6. The van der Waals surface area contributed by atoms with E-state index >= 15 is 0 Å². The Morgan fingerprint density at radius 3 is 1.78 bits per heavy atom. The van der Waals surface area contributed by atoms with Crippen molar-refractivity contribution in [3.05, 3.63) is 124 Å². The first-order valence-corrected chi connectivity index (χ1v) is 23.5. The van der Waals surface area contributed by atoms with Gasteiger partial charge in [-0.1, -0.05) is 62.4 Å². The minimum Gasteiger partial charge on any atom is -0.493 e. The van der Waals surface area contributed by atoms with Crippen LogP contribution < -0.4 is 20.5 Å². The number of likely N-dealkylation sites (tertiary alicyclic amines) is 1. The lowest BCUT2D eigenvalue weighted by Gasteiger charge is -2.31. The highest BCUT2D eigenvalue weighted by Gasteiger charge is 2.39. The molecule has 0 unspecified atom stereocenters. The lowest BCUT2D eigenvalue weighted by molar-refractivity contribution is -0.116. The third kappa shape index (κ3) is 8.53. The van der Waals surface area contributed by atoms with Crippen LogP contribution in [0.3, 0.4) is 0 Å². The number of rotatable bonds is 17. The number of ether oxygens (including phenoxy) is 2. The van der Waals surface area contributed by atoms with Gasteiger partial charge in [-0.3, -0.25) is 38.6 Å². The summed E-state index contributed by atoms with van der Waals surface area (Å²) in [7, 11) is 1.47. The molecule has 3 N–H and O–H groups in total. The molecule has 5 aromatic rings. The number of anilines is 1. The van der Waals surface area contributed by atoms with Crippen LogP contribution >= 0.6 is 23.5 Å². The Morgan fingerprint density at radius 2 is 1.28 bits per heavy atom. The van der Waals surface area contributed by atoms with E-state index in [1.807, 2.05) is 36.4 Å². The molecule has 13 nitrogen and oxygen atoms in total. The standard InChI is InChI=1S/C49H49N5O8S2/c1-4-63-49(64-5-2)38-24-29(25-41(55)51-20-10-21-52-44(56)32-16-6-12-30-13-7-17-33(42(30)32)45(52)57)28-54(38)48(60)36-26-39(61-3)40(27-37(36)50)62-23-11-22-53-46(58)34-18-8-14-31-15-9-19-35(43(31)34)47(53)59/h6-9,12-19,25-27,38,49H,4-5,10-11,20-24,28,50H2,1-3H3,(H,51,55)/b29-25+/t38-/m0/s1. The third-order valence-electron chi connectivity index (χ3n) is 11.7. The molecule has 0 bridgehead atoms. The van der Waals surface area contributed by atoms with Crippen LogP contribution in [0.5, 0.6) is 11.5 Å². The number of nitrogen functional groups attached to an aromatic ring is 1. The number of benzene rings is 5. The number of methoxy groups -OCH3 is 1. The fourth-order valence-electron chi connectivity index (χ4n) is 8.79. The Labute approximate surface area is 379 Å². The van der Waals surface area contributed by atoms with Crippen LogP contribution in [0.1, 0.15) is 84.9 Å². The van der Waals surface area contributed by atoms with Crippen molar-refractivity contribution >= 4 is 86.2 Å². The molecule has 64 heavy (non-hydrogen) atoms. The van der Waals surface area contributed by atoms with Gasteiger partial charge in [-0.15, -0.1) is 23.5 Å². The van der Waals surface area contributed by atoms with Crippen molar-refractivity contribution in [2.24, 2.45) is 0 Å². The normalized spacial score (nSPS) is 16.5. The van der Waals surface area contributed by atoms with Gasteiger partial charge in [0.1, 0.15) is 0 Å². The topological polar surface area (TPSA) is 169 Å². The van der Waals surface area contributed by atoms with Gasteiger partial charge in [0, 0.05) is 77.0 Å². The largest absolute Gasteiger partial charge is 0.493 e. The second kappa shape index (κ2) is 19.2. The molecule has 3 aliphatic rings. The molecule has 6 amide bonds. The fourth-order valence-corrected chi connectivity index (χ4v) is 11.6. The highest BCUT2D eigenvalue weighted by atomic mass is 32.2. The van der Waals surface area contributed by atoms with E-state index in [4.69, 9.17) is 15.2 Å². The Morgan fingerprint density at radius 1 is 0.766 bits per heavy atom. The molecule has 330 valence electrons. The first kappa shape index (κ1) is 44.3. The third-order valence-corrected chi connectivity index (χ3v) is 14.5. The molecule has 1 fully saturated rings. The van der Waals surface area contributed by atoms with Crippen molar-refractivity contribution in [3.8, 4) is 11.5 Å². The number of hydrogen-bond acceptors (Lipinski definition) is 11. The second-order valence-corrected chi connectivity index (χ2v) is 18.8. The summed E-state index contributed by atoms with van der Waals surface area (Å²) in [6.45, 7) is 5.04. The van der Waals surface area contributed by atoms with Crippen LogP contribution in [0.25, 0.3) is 21.5 Å². The highest BCUT2D eigenvalue weighted by molar-refractivity contribution is 8.17. The predicted octanol–water partition coefficient (Wildman–Crippen LogP) is 7.42. The molecule has 5 aromatic carbocycles. The molecule has 3 aliphatic heterocycles. The number of nitrogens with two attached hydrogens (primary N) is 1. The molecule has 0 saturated carbocycles. The Bertz CT molecular complexity index is 2630. The minimum atomic E-state index is -0.347. The van der Waals surface area contributed by atoms with Crippen LogP contribution in [0, 0.1) is 0 Å². The number of carbonyl (C=O) groups is 6. The molecule has 15 heteroatoms. The molecular formula is C49H49N5O8S2. The van der Waals surface area contributed by atoms with Crippen molar-refractivity contribution in [3.63, 3.8) is 0 Å². The summed E-state index contributed by atoms with van der Waals surface area (Å²) < 4.78 is 11.8. The quantitative estimate of drug-likeness (QED) is 0.0313. The molecule has 0 aromatic heterocycles. The maximum absolute atomic E-state index is 14.5. The molecular weight excluding hydrogens is 851 g/mol. The molecule has 8 rings (SSSR count). The summed E-state index contributed by atoms with van der Waals surface area (Å²) in [5.74, 6) is 0.272. The van der Waals surface area contributed by atoms with Crippen molar-refractivity contribution in [2.75, 3.05) is 57.1 Å². The van der Waals surface area contributed by atoms with Crippen LogP contribution in [0.15, 0.2) is 96.6 Å². The molecule has 3 heterocycles. The average Bonchev–Trinajstić information content (AvgIpc) is 3.72. The van der Waals surface area contributed by atoms with Crippen LogP contribution in [0.2, 0.25) is 0 Å². The Kier molecular flexibility index (Phi) is 13.3. The lowest BCUT2D eigenvalue weighted by Crippen LogP contribution is -2.41. The molecule has 0 radical (unpaired) electrons. The van der Waals surface area contributed by atoms with Gasteiger partial charge in [-0.2, -0.15) is 0 Å². The molecule has 0 spiro atoms. The number of carbonyl (C=O) groups excluding carboxylic acids is 6. The van der Waals surface area contributed by atoms with Crippen molar-refractivity contribution < 1.29 is 38.2 Å². The Balaban J connectivity index is 0.903. The maximum atomic E-state index is 14.5. The molecule has 1 saturated heterocycles. The highest BCUT2D eigenvalue weighted by Crippen LogP contribution is 2.40. The van der Waals surface area contributed by atoms with Crippen LogP contribution in [-0.2, 0) is 4.79 Å². The number of nitrogens with one attached hydrogen (secondary N) is 1. The summed E-state index contributed by atoms with van der Waals surface area (Å²) in [6.07, 6.45) is 2.74. The van der Waals surface area contributed by atoms with E-state index < -0.39 is 0 Å². The summed E-state index contributed by atoms with van der Waals surface area (Å²) in [6, 6.07) is 24.6. The van der Waals surface area contributed by atoms with Gasteiger partial charge >= 0.3 is 0 Å². The van der Waals surface area contributed by atoms with Gasteiger partial charge in [0.2, 0.25) is 5.91 Å². The van der Waals surface area contributed by atoms with E-state index in [-0.39, 0.29) is 90.1 Å². The summed E-state index contributed by atoms with van der Waals surface area (Å²) in [5.41, 5.74) is 9.75.